The number of para-hydroxylation sites is 1. The number of carbonyl (C=O) groups is 1. The van der Waals surface area contributed by atoms with Crippen LogP contribution in [0.2, 0.25) is 0 Å². The van der Waals surface area contributed by atoms with Crippen LogP contribution in [-0.2, 0) is 0 Å². The highest BCUT2D eigenvalue weighted by atomic mass is 79.9. The lowest BCUT2D eigenvalue weighted by atomic mass is 10.2. The lowest BCUT2D eigenvalue weighted by Crippen LogP contribution is -2.13. The van der Waals surface area contributed by atoms with Crippen LogP contribution in [0, 0.1) is 0 Å². The Morgan fingerprint density at radius 2 is 1.96 bits per heavy atom. The number of fused-ring (bicyclic) bond motifs is 1. The normalized spacial score (nSPS) is 10.8. The number of carbonyl (C=O) groups excluding carboxylic acids is 1. The van der Waals surface area contributed by atoms with Gasteiger partial charge in [0, 0.05) is 28.6 Å². The zero-order valence-electron chi connectivity index (χ0n) is 12.8. The van der Waals surface area contributed by atoms with Crippen LogP contribution in [0.15, 0.2) is 65.5 Å². The molecule has 3 aromatic heterocycles. The van der Waals surface area contributed by atoms with Gasteiger partial charge in [0.25, 0.3) is 5.91 Å². The molecular formula is C18H11BrN4OS. The molecule has 5 nitrogen and oxygen atoms in total. The van der Waals surface area contributed by atoms with Gasteiger partial charge in [-0.2, -0.15) is 0 Å². The van der Waals surface area contributed by atoms with Gasteiger partial charge >= 0.3 is 0 Å². The number of anilines is 1. The summed E-state index contributed by atoms with van der Waals surface area (Å²) in [6.45, 7) is 0. The summed E-state index contributed by atoms with van der Waals surface area (Å²) < 4.78 is 1.89. The van der Waals surface area contributed by atoms with Crippen molar-refractivity contribution in [2.45, 2.75) is 0 Å². The second-order valence-corrected chi connectivity index (χ2v) is 7.21. The number of hydrogen-bond donors (Lipinski definition) is 1. The smallest absolute Gasteiger partial charge is 0.258 e. The van der Waals surface area contributed by atoms with Gasteiger partial charge in [0.2, 0.25) is 0 Å². The molecule has 0 bridgehead atoms. The first-order chi connectivity index (χ1) is 12.2. The molecular weight excluding hydrogens is 400 g/mol. The van der Waals surface area contributed by atoms with Gasteiger partial charge in [-0.05, 0) is 46.3 Å². The number of hydrogen-bond acceptors (Lipinski definition) is 5. The summed E-state index contributed by atoms with van der Waals surface area (Å²) in [6, 6.07) is 13.4. The van der Waals surface area contributed by atoms with E-state index in [4.69, 9.17) is 0 Å². The first-order valence-corrected chi connectivity index (χ1v) is 9.04. The molecule has 0 unspecified atom stereocenters. The summed E-state index contributed by atoms with van der Waals surface area (Å²) >= 11 is 4.92. The molecule has 0 aliphatic carbocycles. The van der Waals surface area contributed by atoms with Gasteiger partial charge in [-0.3, -0.25) is 9.78 Å². The molecule has 25 heavy (non-hydrogen) atoms. The maximum atomic E-state index is 12.2. The largest absolute Gasteiger partial charge is 0.307 e. The van der Waals surface area contributed by atoms with Crippen LogP contribution in [0.5, 0.6) is 0 Å². The summed E-state index contributed by atoms with van der Waals surface area (Å²) in [4.78, 5) is 25.1. The molecule has 7 heteroatoms. The SMILES string of the molecule is O=C(Nc1ccc(-c2nc3ccccc3s2)cn1)c1cncc(Br)c1. The highest BCUT2D eigenvalue weighted by Gasteiger charge is 2.10. The number of amides is 1. The first kappa shape index (κ1) is 15.9. The van der Waals surface area contributed by atoms with Gasteiger partial charge in [0.1, 0.15) is 10.8 Å². The number of pyridine rings is 2. The molecule has 4 rings (SSSR count). The van der Waals surface area contributed by atoms with E-state index in [0.717, 1.165) is 25.3 Å². The summed E-state index contributed by atoms with van der Waals surface area (Å²) in [5.74, 6) is 0.226. The van der Waals surface area contributed by atoms with Crippen molar-refractivity contribution in [3.05, 3.63) is 71.1 Å². The molecule has 0 aliphatic rings. The molecule has 1 amide bonds. The average Bonchev–Trinajstić information content (AvgIpc) is 3.06. The Kier molecular flexibility index (Phi) is 4.25. The van der Waals surface area contributed by atoms with Crippen LogP contribution in [0.25, 0.3) is 20.8 Å². The molecule has 0 fully saturated rings. The number of halogens is 1. The molecule has 0 radical (unpaired) electrons. The quantitative estimate of drug-likeness (QED) is 0.528. The molecule has 1 N–H and O–H groups in total. The fraction of sp³-hybridized carbons (Fsp3) is 0. The molecule has 0 spiro atoms. The Morgan fingerprint density at radius 3 is 2.72 bits per heavy atom. The second kappa shape index (κ2) is 6.70. The van der Waals surface area contributed by atoms with Crippen molar-refractivity contribution in [3.63, 3.8) is 0 Å². The first-order valence-electron chi connectivity index (χ1n) is 7.43. The van der Waals surface area contributed by atoms with Crippen LogP contribution >= 0.6 is 27.3 Å². The lowest BCUT2D eigenvalue weighted by molar-refractivity contribution is 0.102. The van der Waals surface area contributed by atoms with Gasteiger partial charge in [0.05, 0.1) is 15.8 Å². The van der Waals surface area contributed by atoms with Gasteiger partial charge in [-0.1, -0.05) is 12.1 Å². The van der Waals surface area contributed by atoms with Crippen molar-refractivity contribution in [2.24, 2.45) is 0 Å². The monoisotopic (exact) mass is 410 g/mol. The lowest BCUT2D eigenvalue weighted by Gasteiger charge is -2.05. The minimum atomic E-state index is -0.256. The number of nitrogens with zero attached hydrogens (tertiary/aromatic N) is 3. The predicted molar refractivity (Wildman–Crippen MR) is 103 cm³/mol. The van der Waals surface area contributed by atoms with Gasteiger partial charge < -0.3 is 5.32 Å². The average molecular weight is 411 g/mol. The molecule has 0 aliphatic heterocycles. The Hall–Kier alpha value is -2.64. The molecule has 0 atom stereocenters. The maximum absolute atomic E-state index is 12.2. The summed E-state index contributed by atoms with van der Waals surface area (Å²) in [7, 11) is 0. The van der Waals surface area contributed by atoms with Crippen LogP contribution in [0.1, 0.15) is 10.4 Å². The number of rotatable bonds is 3. The summed E-state index contributed by atoms with van der Waals surface area (Å²) in [5, 5.41) is 3.67. The molecule has 3 heterocycles. The highest BCUT2D eigenvalue weighted by Crippen LogP contribution is 2.29. The van der Waals surface area contributed by atoms with E-state index in [1.54, 1.807) is 35.9 Å². The number of thiazole rings is 1. The fourth-order valence-corrected chi connectivity index (χ4v) is 3.64. The van der Waals surface area contributed by atoms with Crippen LogP contribution < -0.4 is 5.32 Å². The second-order valence-electron chi connectivity index (χ2n) is 5.26. The minimum Gasteiger partial charge on any atom is -0.307 e. The van der Waals surface area contributed by atoms with E-state index in [1.807, 2.05) is 30.3 Å². The maximum Gasteiger partial charge on any atom is 0.258 e. The molecule has 0 saturated heterocycles. The standard InChI is InChI=1S/C18H11BrN4OS/c19-13-7-12(8-20-10-13)17(24)23-16-6-5-11(9-21-16)18-22-14-3-1-2-4-15(14)25-18/h1-10H,(H,21,23,24). The van der Waals surface area contributed by atoms with Crippen molar-refractivity contribution in [1.82, 2.24) is 15.0 Å². The van der Waals surface area contributed by atoms with E-state index in [1.165, 1.54) is 6.20 Å². The van der Waals surface area contributed by atoms with E-state index < -0.39 is 0 Å². The van der Waals surface area contributed by atoms with Crippen molar-refractivity contribution in [1.29, 1.82) is 0 Å². The topological polar surface area (TPSA) is 67.8 Å². The van der Waals surface area contributed by atoms with Crippen molar-refractivity contribution in [2.75, 3.05) is 5.32 Å². The van der Waals surface area contributed by atoms with Crippen molar-refractivity contribution >= 4 is 49.2 Å². The third-order valence-corrected chi connectivity index (χ3v) is 5.03. The van der Waals surface area contributed by atoms with Gasteiger partial charge in [-0.15, -0.1) is 11.3 Å². The van der Waals surface area contributed by atoms with E-state index in [2.05, 4.69) is 36.2 Å². The predicted octanol–water partition coefficient (Wildman–Crippen LogP) is 4.77. The summed E-state index contributed by atoms with van der Waals surface area (Å²) in [5.41, 5.74) is 2.36. The Balaban J connectivity index is 1.54. The molecule has 4 aromatic rings. The number of nitrogens with one attached hydrogen (secondary N) is 1. The third-order valence-electron chi connectivity index (χ3n) is 3.51. The Bertz CT molecular complexity index is 1030. The molecule has 1 aromatic carbocycles. The third kappa shape index (κ3) is 3.42. The minimum absolute atomic E-state index is 0.256. The van der Waals surface area contributed by atoms with Gasteiger partial charge in [-0.25, -0.2) is 9.97 Å². The Morgan fingerprint density at radius 1 is 1.08 bits per heavy atom. The fourth-order valence-electron chi connectivity index (χ4n) is 2.31. The summed E-state index contributed by atoms with van der Waals surface area (Å²) in [6.07, 6.45) is 4.85. The van der Waals surface area contributed by atoms with E-state index in [-0.39, 0.29) is 5.91 Å². The van der Waals surface area contributed by atoms with Crippen LogP contribution in [-0.4, -0.2) is 20.9 Å². The molecule has 0 saturated carbocycles. The van der Waals surface area contributed by atoms with Gasteiger partial charge in [0.15, 0.2) is 0 Å². The van der Waals surface area contributed by atoms with Crippen molar-refractivity contribution < 1.29 is 4.79 Å². The number of benzene rings is 1. The Labute approximate surface area is 155 Å². The van der Waals surface area contributed by atoms with Crippen LogP contribution in [0.4, 0.5) is 5.82 Å². The van der Waals surface area contributed by atoms with Crippen molar-refractivity contribution in [3.8, 4) is 10.6 Å². The van der Waals surface area contributed by atoms with E-state index >= 15 is 0 Å². The van der Waals surface area contributed by atoms with E-state index in [0.29, 0.717) is 11.4 Å². The van der Waals surface area contributed by atoms with E-state index in [9.17, 15) is 4.79 Å². The highest BCUT2D eigenvalue weighted by molar-refractivity contribution is 9.10. The zero-order chi connectivity index (χ0) is 17.2. The zero-order valence-corrected chi connectivity index (χ0v) is 15.2. The number of aromatic nitrogens is 3. The van der Waals surface area contributed by atoms with Crippen LogP contribution in [0.3, 0.4) is 0 Å². The molecule has 122 valence electrons.